The fourth-order valence-corrected chi connectivity index (χ4v) is 0.649. The highest BCUT2D eigenvalue weighted by Crippen LogP contribution is 2.15. The standard InChI is InChI=1S/C6H8N2O3/c7-5(3-1-9-3)11-6(8)4-2-10-4/h3-4,7-8H,1-2H2. The zero-order valence-electron chi connectivity index (χ0n) is 5.79. The molecule has 0 radical (unpaired) electrons. The van der Waals surface area contributed by atoms with Crippen LogP contribution in [-0.2, 0) is 14.2 Å². The van der Waals surface area contributed by atoms with Crippen molar-refractivity contribution in [1.29, 1.82) is 10.8 Å². The molecule has 0 saturated carbocycles. The lowest BCUT2D eigenvalue weighted by molar-refractivity contribution is 0.386. The van der Waals surface area contributed by atoms with Crippen molar-refractivity contribution >= 4 is 11.8 Å². The average Bonchev–Trinajstić information content (AvgIpc) is 2.84. The van der Waals surface area contributed by atoms with Crippen molar-refractivity contribution in [2.45, 2.75) is 12.2 Å². The summed E-state index contributed by atoms with van der Waals surface area (Å²) in [6, 6.07) is 0. The van der Waals surface area contributed by atoms with Crippen LogP contribution in [0.5, 0.6) is 0 Å². The average molecular weight is 156 g/mol. The van der Waals surface area contributed by atoms with Crippen LogP contribution in [0.3, 0.4) is 0 Å². The molecule has 0 amide bonds. The highest BCUT2D eigenvalue weighted by Gasteiger charge is 2.35. The molecule has 2 rings (SSSR count). The maximum absolute atomic E-state index is 7.21. The van der Waals surface area contributed by atoms with Gasteiger partial charge in [-0.05, 0) is 0 Å². The molecular weight excluding hydrogens is 148 g/mol. The van der Waals surface area contributed by atoms with E-state index in [9.17, 15) is 0 Å². The fourth-order valence-electron chi connectivity index (χ4n) is 0.649. The predicted molar refractivity (Wildman–Crippen MR) is 36.0 cm³/mol. The molecule has 2 aliphatic heterocycles. The molecule has 11 heavy (non-hydrogen) atoms. The quantitative estimate of drug-likeness (QED) is 0.328. The van der Waals surface area contributed by atoms with Crippen molar-refractivity contribution in [1.82, 2.24) is 0 Å². The maximum Gasteiger partial charge on any atom is 0.220 e. The largest absolute Gasteiger partial charge is 0.424 e. The molecule has 0 aromatic carbocycles. The van der Waals surface area contributed by atoms with Crippen LogP contribution < -0.4 is 0 Å². The molecule has 2 aliphatic rings. The Kier molecular flexibility index (Phi) is 1.40. The molecule has 2 saturated heterocycles. The lowest BCUT2D eigenvalue weighted by Gasteiger charge is -2.01. The Balaban J connectivity index is 1.78. The van der Waals surface area contributed by atoms with Crippen LogP contribution in [0.2, 0.25) is 0 Å². The number of hydrogen-bond donors (Lipinski definition) is 2. The van der Waals surface area contributed by atoms with Gasteiger partial charge in [0.25, 0.3) is 0 Å². The minimum absolute atomic E-state index is 0.0190. The zero-order chi connectivity index (χ0) is 7.84. The Morgan fingerprint density at radius 2 is 1.45 bits per heavy atom. The Hall–Kier alpha value is -0.940. The van der Waals surface area contributed by atoms with E-state index in [1.165, 1.54) is 0 Å². The van der Waals surface area contributed by atoms with Gasteiger partial charge in [0.2, 0.25) is 11.8 Å². The van der Waals surface area contributed by atoms with Gasteiger partial charge in [-0.1, -0.05) is 0 Å². The van der Waals surface area contributed by atoms with Crippen LogP contribution in [0.25, 0.3) is 0 Å². The van der Waals surface area contributed by atoms with Crippen LogP contribution >= 0.6 is 0 Å². The molecule has 2 heterocycles. The summed E-state index contributed by atoms with van der Waals surface area (Å²) in [7, 11) is 0. The molecule has 2 atom stereocenters. The lowest BCUT2D eigenvalue weighted by atomic mass is 10.4. The SMILES string of the molecule is N=C(OC(=N)C1CO1)C1CO1. The monoisotopic (exact) mass is 156 g/mol. The summed E-state index contributed by atoms with van der Waals surface area (Å²) < 4.78 is 14.4. The van der Waals surface area contributed by atoms with E-state index in [2.05, 4.69) is 0 Å². The molecule has 2 N–H and O–H groups in total. The molecule has 0 aromatic heterocycles. The summed E-state index contributed by atoms with van der Waals surface area (Å²) in [4.78, 5) is 0. The van der Waals surface area contributed by atoms with Crippen molar-refractivity contribution in [3.63, 3.8) is 0 Å². The van der Waals surface area contributed by atoms with Gasteiger partial charge in [-0.2, -0.15) is 0 Å². The third-order valence-corrected chi connectivity index (χ3v) is 1.47. The minimum atomic E-state index is -0.214. The second kappa shape index (κ2) is 2.28. The number of hydrogen-bond acceptors (Lipinski definition) is 5. The summed E-state index contributed by atoms with van der Waals surface area (Å²) >= 11 is 0. The van der Waals surface area contributed by atoms with Crippen molar-refractivity contribution in [2.75, 3.05) is 13.2 Å². The summed E-state index contributed by atoms with van der Waals surface area (Å²) in [5.74, 6) is 0.0380. The molecule has 2 unspecified atom stereocenters. The number of rotatable bonds is 2. The molecular formula is C6H8N2O3. The van der Waals surface area contributed by atoms with E-state index in [0.717, 1.165) is 0 Å². The van der Waals surface area contributed by atoms with Gasteiger partial charge in [0.1, 0.15) is 0 Å². The van der Waals surface area contributed by atoms with Gasteiger partial charge in [-0.25, -0.2) is 0 Å². The van der Waals surface area contributed by atoms with E-state index >= 15 is 0 Å². The second-order valence-electron chi connectivity index (χ2n) is 2.47. The normalized spacial score (nSPS) is 32.7. The Morgan fingerprint density at radius 1 is 1.09 bits per heavy atom. The lowest BCUT2D eigenvalue weighted by Crippen LogP contribution is -2.19. The van der Waals surface area contributed by atoms with Crippen LogP contribution in [0, 0.1) is 10.8 Å². The van der Waals surface area contributed by atoms with E-state index in [0.29, 0.717) is 13.2 Å². The van der Waals surface area contributed by atoms with E-state index in [1.807, 2.05) is 0 Å². The van der Waals surface area contributed by atoms with E-state index in [1.54, 1.807) is 0 Å². The minimum Gasteiger partial charge on any atom is -0.424 e. The van der Waals surface area contributed by atoms with Crippen molar-refractivity contribution < 1.29 is 14.2 Å². The van der Waals surface area contributed by atoms with Gasteiger partial charge in [0.05, 0.1) is 13.2 Å². The first-order valence-corrected chi connectivity index (χ1v) is 3.35. The van der Waals surface area contributed by atoms with Crippen LogP contribution in [0.15, 0.2) is 0 Å². The Labute approximate surface area is 63.3 Å². The van der Waals surface area contributed by atoms with Crippen molar-refractivity contribution in [3.05, 3.63) is 0 Å². The van der Waals surface area contributed by atoms with Crippen molar-refractivity contribution in [2.24, 2.45) is 0 Å². The third-order valence-electron chi connectivity index (χ3n) is 1.47. The molecule has 60 valence electrons. The first-order valence-electron chi connectivity index (χ1n) is 3.35. The van der Waals surface area contributed by atoms with Gasteiger partial charge >= 0.3 is 0 Å². The van der Waals surface area contributed by atoms with Crippen LogP contribution in [0.4, 0.5) is 0 Å². The van der Waals surface area contributed by atoms with Gasteiger partial charge in [0, 0.05) is 0 Å². The molecule has 0 aromatic rings. The summed E-state index contributed by atoms with van der Waals surface area (Å²) in [6.07, 6.45) is -0.428. The second-order valence-corrected chi connectivity index (χ2v) is 2.47. The first-order chi connectivity index (χ1) is 5.27. The molecule has 0 spiro atoms. The number of epoxide rings is 2. The Bertz CT molecular complexity index is 186. The summed E-state index contributed by atoms with van der Waals surface area (Å²) in [5.41, 5.74) is 0. The summed E-state index contributed by atoms with van der Waals surface area (Å²) in [6.45, 7) is 1.08. The van der Waals surface area contributed by atoms with Crippen LogP contribution in [0.1, 0.15) is 0 Å². The van der Waals surface area contributed by atoms with Crippen LogP contribution in [-0.4, -0.2) is 37.2 Å². The zero-order valence-corrected chi connectivity index (χ0v) is 5.79. The van der Waals surface area contributed by atoms with E-state index < -0.39 is 0 Å². The predicted octanol–water partition coefficient (Wildman–Crippen LogP) is -0.245. The topological polar surface area (TPSA) is 82.0 Å². The van der Waals surface area contributed by atoms with Gasteiger partial charge in [-0.15, -0.1) is 0 Å². The number of ether oxygens (including phenoxy) is 3. The highest BCUT2D eigenvalue weighted by atomic mass is 16.6. The first kappa shape index (κ1) is 6.75. The van der Waals surface area contributed by atoms with Gasteiger partial charge in [-0.3, -0.25) is 10.8 Å². The molecule has 5 heteroatoms. The summed E-state index contributed by atoms with van der Waals surface area (Å²) in [5, 5.41) is 14.4. The highest BCUT2D eigenvalue weighted by molar-refractivity contribution is 5.94. The van der Waals surface area contributed by atoms with Crippen molar-refractivity contribution in [3.8, 4) is 0 Å². The number of nitrogens with one attached hydrogen (secondary N) is 2. The molecule has 5 nitrogen and oxygen atoms in total. The van der Waals surface area contributed by atoms with E-state index in [4.69, 9.17) is 25.0 Å². The smallest absolute Gasteiger partial charge is 0.220 e. The Morgan fingerprint density at radius 3 is 1.73 bits per heavy atom. The van der Waals surface area contributed by atoms with Gasteiger partial charge < -0.3 is 14.2 Å². The fraction of sp³-hybridized carbons (Fsp3) is 0.667. The van der Waals surface area contributed by atoms with E-state index in [-0.39, 0.29) is 24.0 Å². The maximum atomic E-state index is 7.21. The molecule has 2 fully saturated rings. The van der Waals surface area contributed by atoms with Gasteiger partial charge in [0.15, 0.2) is 12.2 Å². The molecule has 0 aliphatic carbocycles. The molecule has 0 bridgehead atoms. The third kappa shape index (κ3) is 1.55.